The van der Waals surface area contributed by atoms with E-state index in [1.54, 1.807) is 54.2 Å². The Morgan fingerprint density at radius 2 is 1.71 bits per heavy atom. The SMILES string of the molecule is COc1ccc(C(=O)NC(=O)Nc2ccc(C)c(-c3cc4cnc(C)cc4n(C)c3=O)c2)cc1. The van der Waals surface area contributed by atoms with Gasteiger partial charge in [0.05, 0.1) is 12.6 Å². The van der Waals surface area contributed by atoms with E-state index >= 15 is 0 Å². The number of carbonyl (C=O) groups is 2. The van der Waals surface area contributed by atoms with Gasteiger partial charge in [-0.2, -0.15) is 0 Å². The third-order valence-corrected chi connectivity index (χ3v) is 5.61. The summed E-state index contributed by atoms with van der Waals surface area (Å²) in [5.74, 6) is 0.0672. The second-order valence-electron chi connectivity index (χ2n) is 7.97. The highest BCUT2D eigenvalue weighted by atomic mass is 16.5. The van der Waals surface area contributed by atoms with Crippen LogP contribution in [0.15, 0.2) is 65.6 Å². The van der Waals surface area contributed by atoms with Crippen LogP contribution in [0.4, 0.5) is 10.5 Å². The smallest absolute Gasteiger partial charge is 0.326 e. The van der Waals surface area contributed by atoms with Crippen LogP contribution in [0.1, 0.15) is 21.6 Å². The number of methoxy groups -OCH3 is 1. The van der Waals surface area contributed by atoms with Crippen LogP contribution in [0.5, 0.6) is 5.75 Å². The first-order chi connectivity index (χ1) is 16.3. The first kappa shape index (κ1) is 22.7. The summed E-state index contributed by atoms with van der Waals surface area (Å²) >= 11 is 0. The number of imide groups is 1. The molecule has 0 aliphatic heterocycles. The molecule has 0 saturated heterocycles. The van der Waals surface area contributed by atoms with E-state index in [1.807, 2.05) is 32.0 Å². The average Bonchev–Trinajstić information content (AvgIpc) is 2.83. The van der Waals surface area contributed by atoms with Crippen LogP contribution in [-0.2, 0) is 7.05 Å². The molecule has 0 bridgehead atoms. The van der Waals surface area contributed by atoms with E-state index in [9.17, 15) is 14.4 Å². The third-order valence-electron chi connectivity index (χ3n) is 5.61. The van der Waals surface area contributed by atoms with E-state index in [0.717, 1.165) is 22.2 Å². The van der Waals surface area contributed by atoms with Crippen molar-refractivity contribution in [3.63, 3.8) is 0 Å². The van der Waals surface area contributed by atoms with Crippen LogP contribution in [0.3, 0.4) is 0 Å². The summed E-state index contributed by atoms with van der Waals surface area (Å²) in [6.45, 7) is 3.77. The molecule has 34 heavy (non-hydrogen) atoms. The number of pyridine rings is 2. The van der Waals surface area contributed by atoms with Gasteiger partial charge in [-0.3, -0.25) is 19.9 Å². The quantitative estimate of drug-likeness (QED) is 0.479. The summed E-state index contributed by atoms with van der Waals surface area (Å²) in [5.41, 5.74) is 4.29. The lowest BCUT2D eigenvalue weighted by molar-refractivity contribution is 0.0967. The Kier molecular flexibility index (Phi) is 6.14. The van der Waals surface area contributed by atoms with Gasteiger partial charge in [-0.25, -0.2) is 4.79 Å². The Morgan fingerprint density at radius 1 is 0.971 bits per heavy atom. The lowest BCUT2D eigenvalue weighted by Crippen LogP contribution is -2.34. The third kappa shape index (κ3) is 4.52. The van der Waals surface area contributed by atoms with Crippen LogP contribution >= 0.6 is 0 Å². The molecule has 2 heterocycles. The van der Waals surface area contributed by atoms with Gasteiger partial charge >= 0.3 is 6.03 Å². The summed E-state index contributed by atoms with van der Waals surface area (Å²) in [7, 11) is 3.26. The molecule has 0 radical (unpaired) electrons. The fourth-order valence-electron chi connectivity index (χ4n) is 3.73. The number of nitrogens with zero attached hydrogens (tertiary/aromatic N) is 2. The lowest BCUT2D eigenvalue weighted by Gasteiger charge is -2.13. The van der Waals surface area contributed by atoms with Gasteiger partial charge in [0.1, 0.15) is 5.75 Å². The first-order valence-corrected chi connectivity index (χ1v) is 10.6. The van der Waals surface area contributed by atoms with Crippen molar-refractivity contribution in [2.45, 2.75) is 13.8 Å². The summed E-state index contributed by atoms with van der Waals surface area (Å²) in [6.07, 6.45) is 1.74. The minimum absolute atomic E-state index is 0.155. The topological polar surface area (TPSA) is 102 Å². The summed E-state index contributed by atoms with van der Waals surface area (Å²) < 4.78 is 6.67. The van der Waals surface area contributed by atoms with Gasteiger partial charge in [0.25, 0.3) is 11.5 Å². The predicted octanol–water partition coefficient (Wildman–Crippen LogP) is 4.19. The summed E-state index contributed by atoms with van der Waals surface area (Å²) in [6, 6.07) is 14.7. The fraction of sp³-hybridized carbons (Fsp3) is 0.154. The van der Waals surface area contributed by atoms with E-state index in [0.29, 0.717) is 28.1 Å². The van der Waals surface area contributed by atoms with Gasteiger partial charge in [-0.05, 0) is 73.5 Å². The van der Waals surface area contributed by atoms with Gasteiger partial charge in [0, 0.05) is 41.1 Å². The molecular weight excluding hydrogens is 432 g/mol. The van der Waals surface area contributed by atoms with E-state index in [1.165, 1.54) is 7.11 Å². The molecule has 0 spiro atoms. The van der Waals surface area contributed by atoms with Crippen molar-refractivity contribution < 1.29 is 14.3 Å². The Bertz CT molecular complexity index is 1470. The molecule has 0 fully saturated rings. The highest BCUT2D eigenvalue weighted by Gasteiger charge is 2.14. The number of aryl methyl sites for hydroxylation is 3. The lowest BCUT2D eigenvalue weighted by atomic mass is 9.99. The molecule has 3 amide bonds. The maximum atomic E-state index is 13.1. The molecule has 4 rings (SSSR count). The average molecular weight is 457 g/mol. The number of aromatic nitrogens is 2. The Balaban J connectivity index is 1.59. The van der Waals surface area contributed by atoms with Gasteiger partial charge < -0.3 is 14.6 Å². The Morgan fingerprint density at radius 3 is 2.41 bits per heavy atom. The van der Waals surface area contributed by atoms with Crippen molar-refractivity contribution >= 4 is 28.5 Å². The van der Waals surface area contributed by atoms with Gasteiger partial charge in [0.2, 0.25) is 0 Å². The van der Waals surface area contributed by atoms with Gasteiger partial charge in [-0.15, -0.1) is 0 Å². The number of carbonyl (C=O) groups excluding carboxylic acids is 2. The van der Waals surface area contributed by atoms with Gasteiger partial charge in [-0.1, -0.05) is 6.07 Å². The normalized spacial score (nSPS) is 10.7. The van der Waals surface area contributed by atoms with Crippen LogP contribution < -0.4 is 20.9 Å². The number of anilines is 1. The highest BCUT2D eigenvalue weighted by Crippen LogP contribution is 2.27. The van der Waals surface area contributed by atoms with Crippen molar-refractivity contribution in [3.05, 3.63) is 88.0 Å². The van der Waals surface area contributed by atoms with Crippen LogP contribution in [0.25, 0.3) is 22.0 Å². The molecule has 8 heteroatoms. The number of fused-ring (bicyclic) bond motifs is 1. The van der Waals surface area contributed by atoms with Crippen molar-refractivity contribution in [1.82, 2.24) is 14.9 Å². The molecule has 2 aromatic heterocycles. The molecule has 0 atom stereocenters. The zero-order valence-electron chi connectivity index (χ0n) is 19.3. The number of urea groups is 1. The number of hydrogen-bond donors (Lipinski definition) is 2. The van der Waals surface area contributed by atoms with E-state index < -0.39 is 11.9 Å². The first-order valence-electron chi connectivity index (χ1n) is 10.6. The minimum atomic E-state index is -0.679. The molecule has 0 saturated carbocycles. The summed E-state index contributed by atoms with van der Waals surface area (Å²) in [5, 5.41) is 5.80. The zero-order chi connectivity index (χ0) is 24.4. The Labute approximate surface area is 196 Å². The number of benzene rings is 2. The molecule has 0 aliphatic carbocycles. The van der Waals surface area contributed by atoms with Crippen molar-refractivity contribution in [3.8, 4) is 16.9 Å². The van der Waals surface area contributed by atoms with Crippen LogP contribution in [-0.4, -0.2) is 28.6 Å². The number of ether oxygens (including phenoxy) is 1. The molecule has 0 unspecified atom stereocenters. The largest absolute Gasteiger partial charge is 0.497 e. The van der Waals surface area contributed by atoms with E-state index in [4.69, 9.17) is 4.74 Å². The number of nitrogens with one attached hydrogen (secondary N) is 2. The second-order valence-corrected chi connectivity index (χ2v) is 7.97. The molecule has 2 N–H and O–H groups in total. The number of hydrogen-bond acceptors (Lipinski definition) is 5. The van der Waals surface area contributed by atoms with Crippen molar-refractivity contribution in [2.75, 3.05) is 12.4 Å². The molecule has 0 aliphatic rings. The molecule has 4 aromatic rings. The number of amides is 3. The van der Waals surface area contributed by atoms with E-state index in [2.05, 4.69) is 15.6 Å². The van der Waals surface area contributed by atoms with Crippen LogP contribution in [0.2, 0.25) is 0 Å². The predicted molar refractivity (Wildman–Crippen MR) is 131 cm³/mol. The molecule has 172 valence electrons. The molecule has 8 nitrogen and oxygen atoms in total. The maximum Gasteiger partial charge on any atom is 0.326 e. The molecular formula is C26H24N4O4. The number of rotatable bonds is 4. The van der Waals surface area contributed by atoms with Gasteiger partial charge in [0.15, 0.2) is 0 Å². The zero-order valence-corrected chi connectivity index (χ0v) is 19.3. The van der Waals surface area contributed by atoms with E-state index in [-0.39, 0.29) is 5.56 Å². The minimum Gasteiger partial charge on any atom is -0.497 e. The second kappa shape index (κ2) is 9.19. The summed E-state index contributed by atoms with van der Waals surface area (Å²) in [4.78, 5) is 42.2. The van der Waals surface area contributed by atoms with Crippen molar-refractivity contribution in [2.24, 2.45) is 7.05 Å². The highest BCUT2D eigenvalue weighted by molar-refractivity contribution is 6.08. The Hall–Kier alpha value is -4.46. The maximum absolute atomic E-state index is 13.1. The van der Waals surface area contributed by atoms with Crippen LogP contribution in [0, 0.1) is 13.8 Å². The van der Waals surface area contributed by atoms with Crippen molar-refractivity contribution in [1.29, 1.82) is 0 Å². The standard InChI is InChI=1S/C26H24N4O4/c1-15-5-8-19(28-26(33)29-24(31)17-6-9-20(34-4)10-7-17)13-21(15)22-12-18-14-27-16(2)11-23(18)30(3)25(22)32/h5-14H,1-4H3,(H2,28,29,31,33). The fourth-order valence-corrected chi connectivity index (χ4v) is 3.73. The monoisotopic (exact) mass is 456 g/mol. The molecule has 2 aromatic carbocycles.